The van der Waals surface area contributed by atoms with Crippen molar-refractivity contribution in [2.75, 3.05) is 18.4 Å². The van der Waals surface area contributed by atoms with E-state index in [1.165, 1.54) is 12.1 Å². The van der Waals surface area contributed by atoms with E-state index < -0.39 is 11.7 Å². The van der Waals surface area contributed by atoms with Crippen LogP contribution in [-0.4, -0.2) is 19.0 Å². The van der Waals surface area contributed by atoms with Gasteiger partial charge in [0.05, 0.1) is 11.5 Å². The van der Waals surface area contributed by atoms with Gasteiger partial charge in [-0.2, -0.15) is 13.2 Å². The number of amides is 1. The number of anilines is 1. The summed E-state index contributed by atoms with van der Waals surface area (Å²) < 4.78 is 38.4. The van der Waals surface area contributed by atoms with Crippen molar-refractivity contribution in [1.29, 1.82) is 0 Å². The van der Waals surface area contributed by atoms with Gasteiger partial charge in [-0.15, -0.1) is 12.4 Å². The number of rotatable bonds is 3. The Morgan fingerprint density at radius 3 is 2.34 bits per heavy atom. The van der Waals surface area contributed by atoms with Gasteiger partial charge >= 0.3 is 6.18 Å². The van der Waals surface area contributed by atoms with Crippen molar-refractivity contribution in [3.8, 4) is 0 Å². The number of hydrogen-bond donors (Lipinski definition) is 2. The average Bonchev–Trinajstić information content (AvgIpc) is 3.18. The predicted molar refractivity (Wildman–Crippen MR) is 110 cm³/mol. The number of carbonyl (C=O) groups excluding carboxylic acids is 1. The molecule has 0 saturated carbocycles. The highest BCUT2D eigenvalue weighted by Gasteiger charge is 2.35. The largest absolute Gasteiger partial charge is 0.416 e. The van der Waals surface area contributed by atoms with E-state index >= 15 is 0 Å². The SMILES string of the molecule is Cl.O=C(Nc1cccc2ccccc12)C1CNCC1c1ccc(C(F)(F)F)cc1. The fourth-order valence-electron chi connectivity index (χ4n) is 3.78. The molecular formula is C22H20ClF3N2O. The van der Waals surface area contributed by atoms with E-state index in [9.17, 15) is 18.0 Å². The minimum Gasteiger partial charge on any atom is -0.325 e. The zero-order valence-corrected chi connectivity index (χ0v) is 16.2. The molecule has 2 unspecified atom stereocenters. The van der Waals surface area contributed by atoms with E-state index in [0.29, 0.717) is 13.1 Å². The van der Waals surface area contributed by atoms with Gasteiger partial charge < -0.3 is 10.6 Å². The average molecular weight is 421 g/mol. The summed E-state index contributed by atoms with van der Waals surface area (Å²) in [7, 11) is 0. The van der Waals surface area contributed by atoms with Gasteiger partial charge in [0.15, 0.2) is 0 Å². The van der Waals surface area contributed by atoms with Gasteiger partial charge in [-0.05, 0) is 29.1 Å². The lowest BCUT2D eigenvalue weighted by molar-refractivity contribution is -0.137. The second-order valence-corrected chi connectivity index (χ2v) is 7.01. The lowest BCUT2D eigenvalue weighted by Crippen LogP contribution is -2.28. The van der Waals surface area contributed by atoms with Gasteiger partial charge in [0.25, 0.3) is 0 Å². The van der Waals surface area contributed by atoms with Gasteiger partial charge in [0.2, 0.25) is 5.91 Å². The van der Waals surface area contributed by atoms with Crippen LogP contribution in [-0.2, 0) is 11.0 Å². The summed E-state index contributed by atoms with van der Waals surface area (Å²) in [6, 6.07) is 18.6. The van der Waals surface area contributed by atoms with Crippen LogP contribution in [0, 0.1) is 5.92 Å². The molecule has 2 N–H and O–H groups in total. The first-order valence-electron chi connectivity index (χ1n) is 9.10. The van der Waals surface area contributed by atoms with Crippen molar-refractivity contribution < 1.29 is 18.0 Å². The molecule has 0 aromatic heterocycles. The Morgan fingerprint density at radius 1 is 0.931 bits per heavy atom. The third-order valence-electron chi connectivity index (χ3n) is 5.26. The van der Waals surface area contributed by atoms with Crippen LogP contribution in [0.25, 0.3) is 10.8 Å². The lowest BCUT2D eigenvalue weighted by Gasteiger charge is -2.20. The fraction of sp³-hybridized carbons (Fsp3) is 0.227. The van der Waals surface area contributed by atoms with Crippen molar-refractivity contribution in [2.45, 2.75) is 12.1 Å². The Hall–Kier alpha value is -2.57. The second-order valence-electron chi connectivity index (χ2n) is 7.01. The van der Waals surface area contributed by atoms with E-state index in [-0.39, 0.29) is 30.2 Å². The van der Waals surface area contributed by atoms with Crippen LogP contribution in [0.1, 0.15) is 17.0 Å². The summed E-state index contributed by atoms with van der Waals surface area (Å²) in [6.07, 6.45) is -4.36. The highest BCUT2D eigenvalue weighted by atomic mass is 35.5. The van der Waals surface area contributed by atoms with Crippen LogP contribution in [0.3, 0.4) is 0 Å². The molecule has 1 amide bonds. The topological polar surface area (TPSA) is 41.1 Å². The van der Waals surface area contributed by atoms with Gasteiger partial charge in [-0.25, -0.2) is 0 Å². The summed E-state index contributed by atoms with van der Waals surface area (Å²) in [5.74, 6) is -0.654. The van der Waals surface area contributed by atoms with Crippen LogP contribution in [0.2, 0.25) is 0 Å². The molecule has 1 heterocycles. The zero-order chi connectivity index (χ0) is 19.7. The van der Waals surface area contributed by atoms with Crippen molar-refractivity contribution in [3.05, 3.63) is 77.9 Å². The first kappa shape index (κ1) is 21.1. The maximum absolute atomic E-state index is 12.9. The number of alkyl halides is 3. The molecule has 0 aliphatic carbocycles. The molecule has 3 aromatic carbocycles. The number of halogens is 4. The Kier molecular flexibility index (Phi) is 6.15. The molecule has 29 heavy (non-hydrogen) atoms. The molecule has 1 aliphatic rings. The highest BCUT2D eigenvalue weighted by molar-refractivity contribution is 6.03. The molecule has 0 radical (unpaired) electrons. The van der Waals surface area contributed by atoms with Crippen LogP contribution in [0.5, 0.6) is 0 Å². The van der Waals surface area contributed by atoms with E-state index in [2.05, 4.69) is 10.6 Å². The molecule has 2 atom stereocenters. The Labute approximate surface area is 172 Å². The first-order valence-corrected chi connectivity index (χ1v) is 9.10. The fourth-order valence-corrected chi connectivity index (χ4v) is 3.78. The summed E-state index contributed by atoms with van der Waals surface area (Å²) in [5.41, 5.74) is 0.788. The van der Waals surface area contributed by atoms with Gasteiger partial charge in [0.1, 0.15) is 0 Å². The monoisotopic (exact) mass is 420 g/mol. The maximum atomic E-state index is 12.9. The number of fused-ring (bicyclic) bond motifs is 1. The molecule has 1 saturated heterocycles. The Morgan fingerprint density at radius 2 is 1.62 bits per heavy atom. The summed E-state index contributed by atoms with van der Waals surface area (Å²) in [6.45, 7) is 1.04. The van der Waals surface area contributed by atoms with Crippen molar-refractivity contribution in [3.63, 3.8) is 0 Å². The van der Waals surface area contributed by atoms with Crippen LogP contribution in [0.15, 0.2) is 66.7 Å². The predicted octanol–water partition coefficient (Wildman–Crippen LogP) is 5.22. The molecule has 0 spiro atoms. The van der Waals surface area contributed by atoms with Crippen molar-refractivity contribution in [1.82, 2.24) is 5.32 Å². The standard InChI is InChI=1S/C22H19F3N2O.ClH/c23-22(24,25)16-10-8-15(9-11-16)18-12-26-13-19(18)21(28)27-20-7-3-5-14-4-1-2-6-17(14)20;/h1-11,18-19,26H,12-13H2,(H,27,28);1H. The van der Waals surface area contributed by atoms with E-state index in [1.54, 1.807) is 0 Å². The maximum Gasteiger partial charge on any atom is 0.416 e. The van der Waals surface area contributed by atoms with E-state index in [4.69, 9.17) is 0 Å². The second kappa shape index (κ2) is 8.43. The molecule has 152 valence electrons. The third kappa shape index (κ3) is 4.38. The van der Waals surface area contributed by atoms with Gasteiger partial charge in [-0.3, -0.25) is 4.79 Å². The Balaban J connectivity index is 0.00000240. The third-order valence-corrected chi connectivity index (χ3v) is 5.26. The van der Waals surface area contributed by atoms with Crippen LogP contribution >= 0.6 is 12.4 Å². The molecule has 3 aromatic rings. The number of benzene rings is 3. The number of nitrogens with one attached hydrogen (secondary N) is 2. The minimum atomic E-state index is -4.36. The number of hydrogen-bond acceptors (Lipinski definition) is 2. The normalized spacial score (nSPS) is 19.0. The van der Waals surface area contributed by atoms with Crippen LogP contribution in [0.4, 0.5) is 18.9 Å². The lowest BCUT2D eigenvalue weighted by atomic mass is 9.87. The minimum absolute atomic E-state index is 0. The molecule has 3 nitrogen and oxygen atoms in total. The summed E-state index contributed by atoms with van der Waals surface area (Å²) in [4.78, 5) is 12.9. The van der Waals surface area contributed by atoms with Gasteiger partial charge in [0, 0.05) is 30.1 Å². The first-order chi connectivity index (χ1) is 13.4. The highest BCUT2D eigenvalue weighted by Crippen LogP contribution is 2.34. The molecule has 1 aliphatic heterocycles. The van der Waals surface area contributed by atoms with Crippen molar-refractivity contribution >= 4 is 34.8 Å². The quantitative estimate of drug-likeness (QED) is 0.609. The number of carbonyl (C=O) groups is 1. The molecule has 4 rings (SSSR count). The summed E-state index contributed by atoms with van der Waals surface area (Å²) >= 11 is 0. The van der Waals surface area contributed by atoms with Gasteiger partial charge in [-0.1, -0.05) is 48.5 Å². The molecule has 1 fully saturated rings. The van der Waals surface area contributed by atoms with Crippen LogP contribution < -0.4 is 10.6 Å². The molecular weight excluding hydrogens is 401 g/mol. The molecule has 0 bridgehead atoms. The van der Waals surface area contributed by atoms with E-state index in [0.717, 1.165) is 34.2 Å². The Bertz CT molecular complexity index is 1000. The van der Waals surface area contributed by atoms with Crippen molar-refractivity contribution in [2.24, 2.45) is 5.92 Å². The molecule has 7 heteroatoms. The summed E-state index contributed by atoms with van der Waals surface area (Å²) in [5, 5.41) is 8.18. The van der Waals surface area contributed by atoms with E-state index in [1.807, 2.05) is 42.5 Å². The zero-order valence-electron chi connectivity index (χ0n) is 15.4. The smallest absolute Gasteiger partial charge is 0.325 e.